The number of amides is 1. The lowest BCUT2D eigenvalue weighted by molar-refractivity contribution is -0.124. The van der Waals surface area contributed by atoms with Crippen LogP contribution in [0.15, 0.2) is 24.3 Å². The summed E-state index contributed by atoms with van der Waals surface area (Å²) in [5.74, 6) is 0.596. The van der Waals surface area contributed by atoms with Crippen molar-refractivity contribution in [1.82, 2.24) is 10.2 Å². The van der Waals surface area contributed by atoms with E-state index in [1.165, 1.54) is 0 Å². The number of nitrogens with zero attached hydrogens (tertiary/aromatic N) is 1. The predicted molar refractivity (Wildman–Crippen MR) is 93.4 cm³/mol. The van der Waals surface area contributed by atoms with Crippen molar-refractivity contribution in [1.29, 1.82) is 0 Å². The summed E-state index contributed by atoms with van der Waals surface area (Å²) < 4.78 is 0. The van der Waals surface area contributed by atoms with Crippen LogP contribution in [0.4, 0.5) is 0 Å². The summed E-state index contributed by atoms with van der Waals surface area (Å²) >= 11 is 5.99. The van der Waals surface area contributed by atoms with Gasteiger partial charge in [0.15, 0.2) is 0 Å². The fourth-order valence-electron chi connectivity index (χ4n) is 3.00. The zero-order valence-electron chi connectivity index (χ0n) is 14.0. The summed E-state index contributed by atoms with van der Waals surface area (Å²) in [6.45, 7) is 7.05. The molecule has 0 aromatic heterocycles. The first-order valence-electron chi connectivity index (χ1n) is 8.39. The van der Waals surface area contributed by atoms with E-state index in [1.807, 2.05) is 38.1 Å². The quantitative estimate of drug-likeness (QED) is 0.838. The van der Waals surface area contributed by atoms with Gasteiger partial charge in [0.2, 0.25) is 5.91 Å². The molecule has 2 unspecified atom stereocenters. The molecule has 2 rings (SSSR count). The number of piperidine rings is 1. The molecule has 0 spiro atoms. The average molecular weight is 339 g/mol. The zero-order chi connectivity index (χ0) is 16.8. The van der Waals surface area contributed by atoms with Gasteiger partial charge in [0.25, 0.3) is 0 Å². The molecule has 5 heteroatoms. The van der Waals surface area contributed by atoms with E-state index in [9.17, 15) is 9.90 Å². The minimum atomic E-state index is -0.530. The summed E-state index contributed by atoms with van der Waals surface area (Å²) in [6, 6.07) is 7.39. The summed E-state index contributed by atoms with van der Waals surface area (Å²) in [5.41, 5.74) is 0.854. The van der Waals surface area contributed by atoms with Gasteiger partial charge in [0, 0.05) is 30.6 Å². The van der Waals surface area contributed by atoms with Crippen molar-refractivity contribution in [3.63, 3.8) is 0 Å². The van der Waals surface area contributed by atoms with Gasteiger partial charge in [-0.1, -0.05) is 37.6 Å². The van der Waals surface area contributed by atoms with Crippen LogP contribution in [0.25, 0.3) is 0 Å². The molecule has 1 aromatic rings. The highest BCUT2D eigenvalue weighted by Gasteiger charge is 2.23. The largest absolute Gasteiger partial charge is 0.387 e. The Hall–Kier alpha value is -1.10. The number of rotatable bonds is 6. The molecule has 1 aromatic carbocycles. The average Bonchev–Trinajstić information content (AvgIpc) is 2.52. The van der Waals surface area contributed by atoms with Gasteiger partial charge in [-0.15, -0.1) is 0 Å². The van der Waals surface area contributed by atoms with Crippen LogP contribution in [0.2, 0.25) is 5.02 Å². The Morgan fingerprint density at radius 2 is 2.26 bits per heavy atom. The Morgan fingerprint density at radius 1 is 1.48 bits per heavy atom. The highest BCUT2D eigenvalue weighted by atomic mass is 35.5. The van der Waals surface area contributed by atoms with Gasteiger partial charge in [-0.25, -0.2) is 0 Å². The maximum absolute atomic E-state index is 11.7. The normalized spacial score (nSPS) is 20.5. The van der Waals surface area contributed by atoms with Gasteiger partial charge in [0.1, 0.15) is 0 Å². The van der Waals surface area contributed by atoms with Crippen molar-refractivity contribution >= 4 is 17.5 Å². The molecular weight excluding hydrogens is 312 g/mol. The number of halogens is 1. The Labute approximate surface area is 143 Å². The minimum absolute atomic E-state index is 0.0272. The number of benzene rings is 1. The van der Waals surface area contributed by atoms with E-state index in [0.29, 0.717) is 17.5 Å². The first-order chi connectivity index (χ1) is 11.0. The molecule has 128 valence electrons. The number of aliphatic hydroxyl groups excluding tert-OH is 1. The lowest BCUT2D eigenvalue weighted by Crippen LogP contribution is -2.43. The minimum Gasteiger partial charge on any atom is -0.387 e. The first kappa shape index (κ1) is 18.2. The second-order valence-electron chi connectivity index (χ2n) is 6.74. The van der Waals surface area contributed by atoms with Gasteiger partial charge in [0.05, 0.1) is 6.10 Å². The molecular formula is C18H27ClN2O2. The Kier molecular flexibility index (Phi) is 6.88. The van der Waals surface area contributed by atoms with Gasteiger partial charge in [-0.3, -0.25) is 4.79 Å². The second-order valence-corrected chi connectivity index (χ2v) is 7.17. The number of likely N-dealkylation sites (tertiary alicyclic amines) is 1. The first-order valence-corrected chi connectivity index (χ1v) is 8.77. The number of carbonyl (C=O) groups excluding carboxylic acids is 1. The van der Waals surface area contributed by atoms with Crippen LogP contribution in [0.3, 0.4) is 0 Å². The van der Waals surface area contributed by atoms with Crippen molar-refractivity contribution in [2.24, 2.45) is 11.8 Å². The maximum atomic E-state index is 11.7. The number of hydrogen-bond acceptors (Lipinski definition) is 3. The number of nitrogens with one attached hydrogen (secondary N) is 1. The lowest BCUT2D eigenvalue weighted by Gasteiger charge is -2.34. The predicted octanol–water partition coefficient (Wildman–Crippen LogP) is 2.86. The van der Waals surface area contributed by atoms with E-state index in [2.05, 4.69) is 10.2 Å². The maximum Gasteiger partial charge on any atom is 0.222 e. The van der Waals surface area contributed by atoms with Crippen LogP contribution in [0.5, 0.6) is 0 Å². The standard InChI is InChI=1S/C18H27ClN2O2/c1-13(2)18(23)20-10-14-5-4-8-21(11-14)12-17(22)15-6-3-7-16(19)9-15/h3,6-7,9,13-14,17,22H,4-5,8,10-12H2,1-2H3,(H,20,23). The molecule has 0 aliphatic carbocycles. The molecule has 1 saturated heterocycles. The Morgan fingerprint density at radius 3 is 2.96 bits per heavy atom. The van der Waals surface area contributed by atoms with Gasteiger partial charge in [-0.2, -0.15) is 0 Å². The monoisotopic (exact) mass is 338 g/mol. The summed E-state index contributed by atoms with van der Waals surface area (Å²) in [5, 5.41) is 14.1. The second kappa shape index (κ2) is 8.67. The number of hydrogen-bond donors (Lipinski definition) is 2. The van der Waals surface area contributed by atoms with Crippen LogP contribution in [-0.2, 0) is 4.79 Å². The molecule has 1 amide bonds. The summed E-state index contributed by atoms with van der Waals surface area (Å²) in [4.78, 5) is 14.0. The van der Waals surface area contributed by atoms with Crippen LogP contribution < -0.4 is 5.32 Å². The molecule has 1 fully saturated rings. The zero-order valence-corrected chi connectivity index (χ0v) is 14.7. The van der Waals surface area contributed by atoms with Gasteiger partial charge >= 0.3 is 0 Å². The number of β-amino-alcohol motifs (C(OH)–C–C–N with tert-alkyl or cyclic N) is 1. The molecule has 1 heterocycles. The molecule has 1 aliphatic heterocycles. The topological polar surface area (TPSA) is 52.6 Å². The number of carbonyl (C=O) groups is 1. The van der Waals surface area contributed by atoms with Crippen LogP contribution in [0.1, 0.15) is 38.4 Å². The van der Waals surface area contributed by atoms with Crippen molar-refractivity contribution < 1.29 is 9.90 Å². The van der Waals surface area contributed by atoms with Crippen molar-refractivity contribution in [2.75, 3.05) is 26.2 Å². The molecule has 23 heavy (non-hydrogen) atoms. The van der Waals surface area contributed by atoms with E-state index in [-0.39, 0.29) is 11.8 Å². The van der Waals surface area contributed by atoms with E-state index in [0.717, 1.165) is 38.0 Å². The van der Waals surface area contributed by atoms with Gasteiger partial charge in [-0.05, 0) is 43.0 Å². The molecule has 2 N–H and O–H groups in total. The van der Waals surface area contributed by atoms with Crippen molar-refractivity contribution in [2.45, 2.75) is 32.8 Å². The van der Waals surface area contributed by atoms with E-state index < -0.39 is 6.10 Å². The Balaban J connectivity index is 1.82. The number of aliphatic hydroxyl groups is 1. The van der Waals surface area contributed by atoms with E-state index in [1.54, 1.807) is 0 Å². The molecule has 2 atom stereocenters. The molecule has 0 saturated carbocycles. The lowest BCUT2D eigenvalue weighted by atomic mass is 9.97. The van der Waals surface area contributed by atoms with Crippen molar-refractivity contribution in [3.05, 3.63) is 34.9 Å². The van der Waals surface area contributed by atoms with Crippen LogP contribution in [0, 0.1) is 11.8 Å². The highest BCUT2D eigenvalue weighted by molar-refractivity contribution is 6.30. The van der Waals surface area contributed by atoms with E-state index in [4.69, 9.17) is 11.6 Å². The third kappa shape index (κ3) is 5.79. The molecule has 0 radical (unpaired) electrons. The highest BCUT2D eigenvalue weighted by Crippen LogP contribution is 2.22. The summed E-state index contributed by atoms with van der Waals surface area (Å²) in [6.07, 6.45) is 1.70. The van der Waals surface area contributed by atoms with Crippen LogP contribution >= 0.6 is 11.6 Å². The SMILES string of the molecule is CC(C)C(=O)NCC1CCCN(CC(O)c2cccc(Cl)c2)C1. The smallest absolute Gasteiger partial charge is 0.222 e. The fourth-order valence-corrected chi connectivity index (χ4v) is 3.20. The molecule has 0 bridgehead atoms. The summed E-state index contributed by atoms with van der Waals surface area (Å²) in [7, 11) is 0. The molecule has 1 aliphatic rings. The van der Waals surface area contributed by atoms with Gasteiger partial charge < -0.3 is 15.3 Å². The fraction of sp³-hybridized carbons (Fsp3) is 0.611. The third-order valence-corrected chi connectivity index (χ3v) is 4.59. The third-order valence-electron chi connectivity index (χ3n) is 4.36. The van der Waals surface area contributed by atoms with Crippen molar-refractivity contribution in [3.8, 4) is 0 Å². The Bertz CT molecular complexity index is 521. The van der Waals surface area contributed by atoms with E-state index >= 15 is 0 Å². The molecule has 4 nitrogen and oxygen atoms in total. The van der Waals surface area contributed by atoms with Crippen LogP contribution in [-0.4, -0.2) is 42.1 Å².